The molecule has 3 heterocycles. The maximum atomic E-state index is 14.0. The van der Waals surface area contributed by atoms with Gasteiger partial charge in [-0.3, -0.25) is 9.10 Å². The van der Waals surface area contributed by atoms with Crippen LogP contribution in [0.2, 0.25) is 0 Å². The van der Waals surface area contributed by atoms with E-state index in [0.29, 0.717) is 42.9 Å². The number of amides is 1. The van der Waals surface area contributed by atoms with Crippen LogP contribution in [0.3, 0.4) is 0 Å². The molecule has 222 valence electrons. The molecule has 1 aliphatic heterocycles. The van der Waals surface area contributed by atoms with Crippen LogP contribution in [0.1, 0.15) is 59.1 Å². The first kappa shape index (κ1) is 28.4. The zero-order valence-corrected chi connectivity index (χ0v) is 24.9. The number of nitrogens with one attached hydrogen (secondary N) is 2. The van der Waals surface area contributed by atoms with Gasteiger partial charge in [-0.05, 0) is 49.4 Å². The largest absolute Gasteiger partial charge is 0.389 e. The molecule has 1 fully saturated rings. The van der Waals surface area contributed by atoms with Crippen molar-refractivity contribution in [1.82, 2.24) is 20.4 Å². The van der Waals surface area contributed by atoms with Crippen LogP contribution < -0.4 is 14.9 Å². The number of aliphatic hydroxyl groups excluding tert-OH is 1. The van der Waals surface area contributed by atoms with E-state index in [1.165, 1.54) is 4.31 Å². The van der Waals surface area contributed by atoms with Crippen molar-refractivity contribution in [3.05, 3.63) is 82.9 Å². The minimum atomic E-state index is -3.53. The Morgan fingerprint density at radius 3 is 2.71 bits per heavy atom. The third kappa shape index (κ3) is 4.99. The lowest BCUT2D eigenvalue weighted by atomic mass is 9.99. The van der Waals surface area contributed by atoms with Crippen LogP contribution in [0.15, 0.2) is 59.3 Å². The zero-order chi connectivity index (χ0) is 29.6. The summed E-state index contributed by atoms with van der Waals surface area (Å²) in [6, 6.07) is 15.3. The maximum Gasteiger partial charge on any atom is 0.251 e. The number of hydrogen-bond acceptors (Lipinski definition) is 7. The van der Waals surface area contributed by atoms with Gasteiger partial charge in [0, 0.05) is 49.3 Å². The fourth-order valence-electron chi connectivity index (χ4n) is 6.22. The fraction of sp³-hybridized carbons (Fsp3) is 0.419. The molecule has 0 radical (unpaired) electrons. The molecule has 2 aromatic carbocycles. The molecule has 1 amide bonds. The van der Waals surface area contributed by atoms with Crippen LogP contribution >= 0.6 is 0 Å². The fourth-order valence-corrected chi connectivity index (χ4v) is 7.41. The number of aryl methyl sites for hydroxylation is 3. The van der Waals surface area contributed by atoms with Gasteiger partial charge < -0.3 is 24.8 Å². The van der Waals surface area contributed by atoms with Crippen LogP contribution in [0.4, 0.5) is 5.69 Å². The Morgan fingerprint density at radius 1 is 1.21 bits per heavy atom. The highest BCUT2D eigenvalue weighted by atomic mass is 32.2. The van der Waals surface area contributed by atoms with Gasteiger partial charge in [0.25, 0.3) is 5.91 Å². The van der Waals surface area contributed by atoms with Crippen LogP contribution in [0.25, 0.3) is 10.9 Å². The lowest BCUT2D eigenvalue weighted by Crippen LogP contribution is -2.51. The van der Waals surface area contributed by atoms with Gasteiger partial charge in [-0.1, -0.05) is 42.4 Å². The van der Waals surface area contributed by atoms with Crippen molar-refractivity contribution >= 4 is 32.5 Å². The van der Waals surface area contributed by atoms with Crippen molar-refractivity contribution in [3.63, 3.8) is 0 Å². The van der Waals surface area contributed by atoms with Crippen molar-refractivity contribution in [1.29, 1.82) is 0 Å². The van der Waals surface area contributed by atoms with E-state index in [4.69, 9.17) is 4.52 Å². The first-order chi connectivity index (χ1) is 20.2. The van der Waals surface area contributed by atoms with Gasteiger partial charge in [-0.15, -0.1) is 0 Å². The quantitative estimate of drug-likeness (QED) is 0.258. The van der Waals surface area contributed by atoms with Crippen LogP contribution in [-0.4, -0.2) is 60.1 Å². The minimum Gasteiger partial charge on any atom is -0.389 e. The van der Waals surface area contributed by atoms with E-state index >= 15 is 0 Å². The van der Waals surface area contributed by atoms with Crippen molar-refractivity contribution in [3.8, 4) is 0 Å². The van der Waals surface area contributed by atoms with Gasteiger partial charge in [0.15, 0.2) is 5.76 Å². The lowest BCUT2D eigenvalue weighted by Gasteiger charge is -2.27. The van der Waals surface area contributed by atoms with E-state index in [0.717, 1.165) is 34.1 Å². The number of carbonyl (C=O) groups is 1. The highest BCUT2D eigenvalue weighted by Gasteiger charge is 2.60. The molecule has 1 aliphatic carbocycles. The van der Waals surface area contributed by atoms with Crippen LogP contribution in [0, 0.1) is 0 Å². The van der Waals surface area contributed by atoms with Gasteiger partial charge in [0.05, 0.1) is 40.8 Å². The normalized spacial score (nSPS) is 21.7. The molecule has 11 heteroatoms. The second-order valence-electron chi connectivity index (χ2n) is 11.3. The van der Waals surface area contributed by atoms with Gasteiger partial charge in [0.2, 0.25) is 10.0 Å². The van der Waals surface area contributed by atoms with Crippen molar-refractivity contribution in [2.75, 3.05) is 23.7 Å². The van der Waals surface area contributed by atoms with Crippen LogP contribution in [0.5, 0.6) is 0 Å². The number of nitrogens with zero attached hydrogens (tertiary/aromatic N) is 3. The summed E-state index contributed by atoms with van der Waals surface area (Å²) in [5, 5.41) is 22.8. The standard InChI is InChI=1S/C31H37N5O5S/c1-4-23-15-24(41-34-23)17-32-18-28(37)31(16-25(31)20-9-7-6-8-10-20)33-30(38)22-13-26-29-21(11-12-42(39,40)35(26)3)19-36(5-2)27(29)14-22/h6-10,13-15,19,25,28,32,37H,4-5,11-12,16-18H2,1-3H3,(H,33,38)/t25?,28-,31?/m1/s1. The monoisotopic (exact) mass is 591 g/mol. The molecule has 0 spiro atoms. The van der Waals surface area contributed by atoms with E-state index in [-0.39, 0.29) is 24.1 Å². The van der Waals surface area contributed by atoms with Crippen molar-refractivity contribution in [2.45, 2.75) is 63.8 Å². The summed E-state index contributed by atoms with van der Waals surface area (Å²) in [5.74, 6) is 0.269. The smallest absolute Gasteiger partial charge is 0.251 e. The Morgan fingerprint density at radius 2 is 2.00 bits per heavy atom. The zero-order valence-electron chi connectivity index (χ0n) is 24.1. The molecule has 0 saturated heterocycles. The van der Waals surface area contributed by atoms with E-state index in [9.17, 15) is 18.3 Å². The number of rotatable bonds is 10. The topological polar surface area (TPSA) is 130 Å². The van der Waals surface area contributed by atoms with Gasteiger partial charge >= 0.3 is 0 Å². The predicted molar refractivity (Wildman–Crippen MR) is 161 cm³/mol. The van der Waals surface area contributed by atoms with E-state index in [1.54, 1.807) is 13.1 Å². The number of anilines is 1. The highest BCUT2D eigenvalue weighted by molar-refractivity contribution is 7.92. The molecule has 3 N–H and O–H groups in total. The summed E-state index contributed by atoms with van der Waals surface area (Å²) >= 11 is 0. The molecular formula is C31H37N5O5S. The summed E-state index contributed by atoms with van der Waals surface area (Å²) in [7, 11) is -1.98. The van der Waals surface area contributed by atoms with E-state index < -0.39 is 21.7 Å². The van der Waals surface area contributed by atoms with Gasteiger partial charge in [-0.2, -0.15) is 0 Å². The summed E-state index contributed by atoms with van der Waals surface area (Å²) in [6.07, 6.45) is 2.88. The number of aliphatic hydroxyl groups is 1. The van der Waals surface area contributed by atoms with E-state index in [1.807, 2.05) is 62.5 Å². The summed E-state index contributed by atoms with van der Waals surface area (Å²) in [6.45, 7) is 5.36. The van der Waals surface area contributed by atoms with Crippen molar-refractivity contribution < 1.29 is 22.8 Å². The number of sulfonamides is 1. The first-order valence-electron chi connectivity index (χ1n) is 14.5. The summed E-state index contributed by atoms with van der Waals surface area (Å²) in [4.78, 5) is 14.0. The van der Waals surface area contributed by atoms with Gasteiger partial charge in [0.1, 0.15) is 0 Å². The molecule has 42 heavy (non-hydrogen) atoms. The second kappa shape index (κ2) is 10.9. The Balaban J connectivity index is 1.30. The number of hydrogen-bond donors (Lipinski definition) is 3. The third-order valence-corrected chi connectivity index (χ3v) is 10.5. The molecule has 10 nitrogen and oxygen atoms in total. The number of benzene rings is 2. The average molecular weight is 592 g/mol. The second-order valence-corrected chi connectivity index (χ2v) is 13.4. The Bertz CT molecular complexity index is 1730. The molecule has 6 rings (SSSR count). The Labute approximate surface area is 245 Å². The minimum absolute atomic E-state index is 0.0113. The Kier molecular flexibility index (Phi) is 7.36. The third-order valence-electron chi connectivity index (χ3n) is 8.78. The molecule has 2 aromatic heterocycles. The van der Waals surface area contributed by atoms with E-state index in [2.05, 4.69) is 20.4 Å². The average Bonchev–Trinajstić information content (AvgIpc) is 3.38. The molecule has 2 aliphatic rings. The predicted octanol–water partition coefficient (Wildman–Crippen LogP) is 3.34. The Hall–Kier alpha value is -3.67. The maximum absolute atomic E-state index is 14.0. The molecule has 0 bridgehead atoms. The molecular weight excluding hydrogens is 554 g/mol. The highest BCUT2D eigenvalue weighted by Crippen LogP contribution is 2.53. The first-order valence-corrected chi connectivity index (χ1v) is 16.1. The molecule has 2 unspecified atom stereocenters. The summed E-state index contributed by atoms with van der Waals surface area (Å²) < 4.78 is 34.6. The molecule has 3 atom stereocenters. The molecule has 4 aromatic rings. The van der Waals surface area contributed by atoms with Crippen LogP contribution in [-0.2, 0) is 36.0 Å². The lowest BCUT2D eigenvalue weighted by molar-refractivity contribution is 0.0778. The molecule has 1 saturated carbocycles. The summed E-state index contributed by atoms with van der Waals surface area (Å²) in [5.41, 5.74) is 3.66. The number of carbonyl (C=O) groups excluding carboxylic acids is 1. The van der Waals surface area contributed by atoms with Gasteiger partial charge in [-0.25, -0.2) is 8.42 Å². The van der Waals surface area contributed by atoms with Crippen molar-refractivity contribution in [2.24, 2.45) is 0 Å². The number of aromatic nitrogens is 2. The SMILES string of the molecule is CCc1cc(CNC[C@@H](O)C2(NC(=O)c3cc4c5c(cn(CC)c5c3)CCS(=O)(=O)N4C)CC2c2ccccc2)on1.